The van der Waals surface area contributed by atoms with Gasteiger partial charge in [-0.3, -0.25) is 4.79 Å². The normalized spacial score (nSPS) is 14.0. The summed E-state index contributed by atoms with van der Waals surface area (Å²) in [7, 11) is -4.20. The van der Waals surface area contributed by atoms with E-state index in [2.05, 4.69) is 10.4 Å². The Bertz CT molecular complexity index is 1790. The number of morpholine rings is 1. The number of carbonyl (C=O) groups is 2. The number of sulfonamides is 1. The lowest BCUT2D eigenvalue weighted by atomic mass is 10.2. The molecule has 1 saturated heterocycles. The lowest BCUT2D eigenvalue weighted by Gasteiger charge is -2.27. The lowest BCUT2D eigenvalue weighted by molar-refractivity contribution is 0.0689. The molecule has 0 atom stereocenters. The van der Waals surface area contributed by atoms with E-state index >= 15 is 0 Å². The van der Waals surface area contributed by atoms with E-state index in [1.54, 1.807) is 18.2 Å². The van der Waals surface area contributed by atoms with E-state index in [0.29, 0.717) is 5.02 Å². The molecule has 0 bridgehead atoms. The Morgan fingerprint density at radius 2 is 1.81 bits per heavy atom. The predicted molar refractivity (Wildman–Crippen MR) is 151 cm³/mol. The van der Waals surface area contributed by atoms with Gasteiger partial charge < -0.3 is 19.9 Å². The standard InChI is InChI=1S/C28H24ClFN4O7S/c1-17-25(28(36)37)32-34(22-7-3-6-20(30)15-22)27(17)41-23-9-8-21(31-26(35)18-4-2-5-19(29)14-18)16-24(23)42(38,39)33-10-12-40-13-11-33/h2-9,14-16H,10-13H2,1H3,(H,31,35)(H,36,37). The molecule has 2 heterocycles. The molecule has 5 rings (SSSR count). The van der Waals surface area contributed by atoms with E-state index in [0.717, 1.165) is 10.7 Å². The van der Waals surface area contributed by atoms with Crippen molar-refractivity contribution in [2.45, 2.75) is 11.8 Å². The van der Waals surface area contributed by atoms with Crippen LogP contribution in [0.15, 0.2) is 71.6 Å². The number of nitrogens with zero attached hydrogens (tertiary/aromatic N) is 3. The molecule has 1 aliphatic heterocycles. The molecule has 1 amide bonds. The summed E-state index contributed by atoms with van der Waals surface area (Å²) >= 11 is 6.00. The van der Waals surface area contributed by atoms with Crippen LogP contribution in [0.3, 0.4) is 0 Å². The zero-order chi connectivity index (χ0) is 30.0. The van der Waals surface area contributed by atoms with Crippen molar-refractivity contribution in [1.29, 1.82) is 0 Å². The highest BCUT2D eigenvalue weighted by Gasteiger charge is 2.31. The largest absolute Gasteiger partial charge is 0.476 e. The molecule has 4 aromatic rings. The molecule has 0 spiro atoms. The number of benzene rings is 3. The number of hydrogen-bond donors (Lipinski definition) is 2. The molecule has 14 heteroatoms. The van der Waals surface area contributed by atoms with Gasteiger partial charge in [0, 0.05) is 34.9 Å². The number of aromatic nitrogens is 2. The van der Waals surface area contributed by atoms with E-state index in [-0.39, 0.29) is 71.0 Å². The summed E-state index contributed by atoms with van der Waals surface area (Å²) in [5, 5.41) is 16.8. The molecule has 2 N–H and O–H groups in total. The van der Waals surface area contributed by atoms with Crippen LogP contribution in [-0.4, -0.2) is 65.8 Å². The van der Waals surface area contributed by atoms with Crippen LogP contribution in [0.1, 0.15) is 26.4 Å². The van der Waals surface area contributed by atoms with Gasteiger partial charge >= 0.3 is 5.97 Å². The number of aromatic carboxylic acids is 1. The first-order valence-electron chi connectivity index (χ1n) is 12.6. The Hall–Kier alpha value is -4.30. The minimum absolute atomic E-state index is 0.0832. The van der Waals surface area contributed by atoms with Crippen LogP contribution in [0.25, 0.3) is 5.69 Å². The maximum Gasteiger partial charge on any atom is 0.356 e. The summed E-state index contributed by atoms with van der Waals surface area (Å²) in [5.41, 5.74) is 0.289. The molecule has 0 radical (unpaired) electrons. The first-order valence-corrected chi connectivity index (χ1v) is 14.4. The molecule has 42 heavy (non-hydrogen) atoms. The average Bonchev–Trinajstić information content (AvgIpc) is 3.30. The number of nitrogens with one attached hydrogen (secondary N) is 1. The predicted octanol–water partition coefficient (Wildman–Crippen LogP) is 4.74. The van der Waals surface area contributed by atoms with Gasteiger partial charge in [-0.1, -0.05) is 23.7 Å². The number of amides is 1. The number of rotatable bonds is 8. The van der Waals surface area contributed by atoms with Crippen molar-refractivity contribution < 1.29 is 37.0 Å². The van der Waals surface area contributed by atoms with Crippen molar-refractivity contribution in [1.82, 2.24) is 14.1 Å². The van der Waals surface area contributed by atoms with Gasteiger partial charge in [0.2, 0.25) is 15.9 Å². The second kappa shape index (κ2) is 11.9. The maximum absolute atomic E-state index is 14.1. The fourth-order valence-electron chi connectivity index (χ4n) is 4.32. The van der Waals surface area contributed by atoms with Gasteiger partial charge in [-0.25, -0.2) is 17.6 Å². The second-order valence-electron chi connectivity index (χ2n) is 9.22. The van der Waals surface area contributed by atoms with E-state index < -0.39 is 27.7 Å². The van der Waals surface area contributed by atoms with Crippen LogP contribution in [0.4, 0.5) is 10.1 Å². The van der Waals surface area contributed by atoms with Crippen LogP contribution in [0, 0.1) is 12.7 Å². The van der Waals surface area contributed by atoms with E-state index in [1.165, 1.54) is 53.7 Å². The van der Waals surface area contributed by atoms with Gasteiger partial charge in [0.05, 0.1) is 18.9 Å². The quantitative estimate of drug-likeness (QED) is 0.290. The van der Waals surface area contributed by atoms with Crippen LogP contribution >= 0.6 is 11.6 Å². The monoisotopic (exact) mass is 614 g/mol. The molecule has 1 fully saturated rings. The van der Waals surface area contributed by atoms with Gasteiger partial charge in [-0.05, 0) is 61.5 Å². The Balaban J connectivity index is 1.60. The molecular formula is C28H24ClFN4O7S. The Labute approximate surface area is 245 Å². The third kappa shape index (κ3) is 5.99. The number of carboxylic acids is 1. The summed E-state index contributed by atoms with van der Waals surface area (Å²) in [5.74, 6) is -2.77. The van der Waals surface area contributed by atoms with Gasteiger partial charge in [-0.2, -0.15) is 14.1 Å². The van der Waals surface area contributed by atoms with Crippen molar-refractivity contribution in [2.24, 2.45) is 0 Å². The molecule has 0 unspecified atom stereocenters. The Morgan fingerprint density at radius 3 is 2.50 bits per heavy atom. The van der Waals surface area contributed by atoms with Gasteiger partial charge in [0.15, 0.2) is 5.69 Å². The summed E-state index contributed by atoms with van der Waals surface area (Å²) in [6.07, 6.45) is 0. The third-order valence-electron chi connectivity index (χ3n) is 6.41. The van der Waals surface area contributed by atoms with Crippen molar-refractivity contribution in [3.8, 4) is 17.3 Å². The van der Waals surface area contributed by atoms with Crippen molar-refractivity contribution >= 4 is 39.2 Å². The maximum atomic E-state index is 14.1. The minimum atomic E-state index is -4.20. The number of halogens is 2. The number of carbonyl (C=O) groups excluding carboxylic acids is 1. The summed E-state index contributed by atoms with van der Waals surface area (Å²) in [4.78, 5) is 24.5. The molecule has 218 valence electrons. The number of anilines is 1. The van der Waals surface area contributed by atoms with Crippen LogP contribution in [-0.2, 0) is 14.8 Å². The smallest absolute Gasteiger partial charge is 0.356 e. The highest BCUT2D eigenvalue weighted by molar-refractivity contribution is 7.89. The van der Waals surface area contributed by atoms with Gasteiger partial charge in [0.25, 0.3) is 5.91 Å². The topological polar surface area (TPSA) is 140 Å². The lowest BCUT2D eigenvalue weighted by Crippen LogP contribution is -2.40. The van der Waals surface area contributed by atoms with E-state index in [4.69, 9.17) is 21.1 Å². The van der Waals surface area contributed by atoms with Crippen LogP contribution < -0.4 is 10.1 Å². The highest BCUT2D eigenvalue weighted by atomic mass is 35.5. The average molecular weight is 615 g/mol. The minimum Gasteiger partial charge on any atom is -0.476 e. The van der Waals surface area contributed by atoms with Crippen LogP contribution in [0.2, 0.25) is 5.02 Å². The summed E-state index contributed by atoms with van der Waals surface area (Å²) in [6.45, 7) is 1.99. The highest BCUT2D eigenvalue weighted by Crippen LogP contribution is 2.37. The number of ether oxygens (including phenoxy) is 2. The molecule has 1 aliphatic rings. The molecule has 11 nitrogen and oxygen atoms in total. The van der Waals surface area contributed by atoms with Crippen LogP contribution in [0.5, 0.6) is 11.6 Å². The fraction of sp³-hybridized carbons (Fsp3) is 0.179. The fourth-order valence-corrected chi connectivity index (χ4v) is 6.06. The Kier molecular flexibility index (Phi) is 8.27. The molecule has 0 saturated carbocycles. The molecule has 0 aliphatic carbocycles. The first-order chi connectivity index (χ1) is 20.0. The van der Waals surface area contributed by atoms with E-state index in [1.807, 2.05) is 0 Å². The zero-order valence-electron chi connectivity index (χ0n) is 22.1. The molecular weight excluding hydrogens is 591 g/mol. The van der Waals surface area contributed by atoms with Crippen molar-refractivity contribution in [3.05, 3.63) is 94.4 Å². The summed E-state index contributed by atoms with van der Waals surface area (Å²) in [6, 6.07) is 15.5. The second-order valence-corrected chi connectivity index (χ2v) is 11.6. The number of hydrogen-bond acceptors (Lipinski definition) is 7. The SMILES string of the molecule is Cc1c(C(=O)O)nn(-c2cccc(F)c2)c1Oc1ccc(NC(=O)c2cccc(Cl)c2)cc1S(=O)(=O)N1CCOCC1. The number of carboxylic acid groups (broad SMARTS) is 1. The summed E-state index contributed by atoms with van der Waals surface area (Å²) < 4.78 is 55.4. The van der Waals surface area contributed by atoms with Gasteiger partial charge in [0.1, 0.15) is 16.5 Å². The van der Waals surface area contributed by atoms with Crippen molar-refractivity contribution in [2.75, 3.05) is 31.6 Å². The first kappa shape index (κ1) is 29.2. The Morgan fingerprint density at radius 1 is 1.07 bits per heavy atom. The zero-order valence-corrected chi connectivity index (χ0v) is 23.7. The van der Waals surface area contributed by atoms with Crippen molar-refractivity contribution in [3.63, 3.8) is 0 Å². The third-order valence-corrected chi connectivity index (χ3v) is 8.56. The van der Waals surface area contributed by atoms with Gasteiger partial charge in [-0.15, -0.1) is 0 Å². The molecule has 1 aromatic heterocycles. The van der Waals surface area contributed by atoms with E-state index in [9.17, 15) is 27.5 Å². The molecule has 3 aromatic carbocycles.